The summed E-state index contributed by atoms with van der Waals surface area (Å²) in [6, 6.07) is 10.6. The maximum atomic E-state index is 12.6. The number of nitro benzene ring substituents is 1. The Labute approximate surface area is 197 Å². The number of benzene rings is 2. The summed E-state index contributed by atoms with van der Waals surface area (Å²) in [7, 11) is 0. The first-order valence-electron chi connectivity index (χ1n) is 9.31. The van der Waals surface area contributed by atoms with Gasteiger partial charge in [-0.15, -0.1) is 10.2 Å². The van der Waals surface area contributed by atoms with E-state index in [2.05, 4.69) is 15.5 Å². The van der Waals surface area contributed by atoms with Crippen LogP contribution in [0.1, 0.15) is 23.1 Å². The smallest absolute Gasteiger partial charge is 0.270 e. The Morgan fingerprint density at radius 1 is 1.16 bits per heavy atom. The molecule has 0 radical (unpaired) electrons. The number of aromatic nitrogens is 3. The van der Waals surface area contributed by atoms with E-state index in [0.717, 1.165) is 11.8 Å². The lowest BCUT2D eigenvalue weighted by Crippen LogP contribution is -2.23. The Kier molecular flexibility index (Phi) is 7.84. The van der Waals surface area contributed by atoms with Gasteiger partial charge in [0.2, 0.25) is 5.91 Å². The van der Waals surface area contributed by atoms with E-state index in [1.807, 2.05) is 0 Å². The SMILES string of the molecule is CC(=O)NCCc1nnc(SCC(=O)c2cccc([N+](=O)[O-])c2)n1-c1ccc(Cl)c(Cl)c1. The average Bonchev–Trinajstić information content (AvgIpc) is 3.16. The zero-order chi connectivity index (χ0) is 23.3. The predicted octanol–water partition coefficient (Wildman–Crippen LogP) is 4.14. The molecule has 0 saturated heterocycles. The van der Waals surface area contributed by atoms with Gasteiger partial charge in [-0.1, -0.05) is 47.1 Å². The van der Waals surface area contributed by atoms with Crippen LogP contribution in [0.2, 0.25) is 10.0 Å². The highest BCUT2D eigenvalue weighted by atomic mass is 35.5. The van der Waals surface area contributed by atoms with Gasteiger partial charge in [-0.25, -0.2) is 0 Å². The highest BCUT2D eigenvalue weighted by molar-refractivity contribution is 7.99. The summed E-state index contributed by atoms with van der Waals surface area (Å²) in [5.74, 6) is 0.0964. The molecule has 166 valence electrons. The van der Waals surface area contributed by atoms with Crippen LogP contribution in [0.4, 0.5) is 5.69 Å². The van der Waals surface area contributed by atoms with Gasteiger partial charge in [-0.05, 0) is 18.2 Å². The zero-order valence-electron chi connectivity index (χ0n) is 16.7. The van der Waals surface area contributed by atoms with Crippen molar-refractivity contribution in [2.75, 3.05) is 12.3 Å². The Morgan fingerprint density at radius 2 is 1.94 bits per heavy atom. The topological polar surface area (TPSA) is 120 Å². The Balaban J connectivity index is 1.85. The van der Waals surface area contributed by atoms with Gasteiger partial charge in [0, 0.05) is 37.6 Å². The number of carbonyl (C=O) groups excluding carboxylic acids is 2. The number of non-ortho nitro benzene ring substituents is 1. The van der Waals surface area contributed by atoms with Gasteiger partial charge in [0.25, 0.3) is 5.69 Å². The zero-order valence-corrected chi connectivity index (χ0v) is 19.1. The van der Waals surface area contributed by atoms with Gasteiger partial charge >= 0.3 is 0 Å². The number of halogens is 2. The van der Waals surface area contributed by atoms with E-state index in [-0.39, 0.29) is 28.7 Å². The van der Waals surface area contributed by atoms with Crippen molar-refractivity contribution in [3.63, 3.8) is 0 Å². The highest BCUT2D eigenvalue weighted by Gasteiger charge is 2.18. The number of carbonyl (C=O) groups is 2. The molecule has 32 heavy (non-hydrogen) atoms. The summed E-state index contributed by atoms with van der Waals surface area (Å²) in [6.07, 6.45) is 0.395. The van der Waals surface area contributed by atoms with Gasteiger partial charge in [0.05, 0.1) is 26.4 Å². The first-order valence-corrected chi connectivity index (χ1v) is 11.0. The van der Waals surface area contributed by atoms with Crippen molar-refractivity contribution in [1.82, 2.24) is 20.1 Å². The summed E-state index contributed by atoms with van der Waals surface area (Å²) >= 11 is 13.3. The number of ketones is 1. The van der Waals surface area contributed by atoms with Crippen molar-refractivity contribution in [1.29, 1.82) is 0 Å². The van der Waals surface area contributed by atoms with E-state index < -0.39 is 4.92 Å². The van der Waals surface area contributed by atoms with Crippen LogP contribution in [0.15, 0.2) is 47.6 Å². The second-order valence-electron chi connectivity index (χ2n) is 6.58. The Morgan fingerprint density at radius 3 is 2.62 bits per heavy atom. The van der Waals surface area contributed by atoms with Crippen molar-refractivity contribution >= 4 is 52.3 Å². The third-order valence-electron chi connectivity index (χ3n) is 4.30. The number of nitro groups is 1. The molecule has 1 N–H and O–H groups in total. The minimum atomic E-state index is -0.549. The fraction of sp³-hybridized carbons (Fsp3) is 0.200. The van der Waals surface area contributed by atoms with Crippen molar-refractivity contribution < 1.29 is 14.5 Å². The van der Waals surface area contributed by atoms with Crippen LogP contribution in [0, 0.1) is 10.1 Å². The Hall–Kier alpha value is -2.95. The molecule has 3 rings (SSSR count). The summed E-state index contributed by atoms with van der Waals surface area (Å²) in [4.78, 5) is 34.2. The van der Waals surface area contributed by atoms with E-state index in [4.69, 9.17) is 23.2 Å². The maximum absolute atomic E-state index is 12.6. The number of hydrogen-bond donors (Lipinski definition) is 1. The lowest BCUT2D eigenvalue weighted by atomic mass is 10.1. The largest absolute Gasteiger partial charge is 0.356 e. The molecule has 0 atom stereocenters. The molecule has 0 aliphatic carbocycles. The third kappa shape index (κ3) is 5.84. The highest BCUT2D eigenvalue weighted by Crippen LogP contribution is 2.28. The van der Waals surface area contributed by atoms with Crippen molar-refractivity contribution in [3.8, 4) is 5.69 Å². The number of hydrogen-bond acceptors (Lipinski definition) is 7. The normalized spacial score (nSPS) is 10.7. The molecular formula is C20H17Cl2N5O4S. The fourth-order valence-electron chi connectivity index (χ4n) is 2.80. The lowest BCUT2D eigenvalue weighted by Gasteiger charge is -2.11. The first-order chi connectivity index (χ1) is 15.3. The van der Waals surface area contributed by atoms with Crippen LogP contribution in [0.25, 0.3) is 5.69 Å². The van der Waals surface area contributed by atoms with E-state index in [1.165, 1.54) is 31.2 Å². The van der Waals surface area contributed by atoms with Crippen molar-refractivity contribution in [2.45, 2.75) is 18.5 Å². The number of Topliss-reactive ketones (excluding diaryl/α,β-unsaturated/α-hetero) is 1. The molecule has 1 heterocycles. The number of nitrogens with zero attached hydrogens (tertiary/aromatic N) is 4. The molecular weight excluding hydrogens is 477 g/mol. The minimum absolute atomic E-state index is 0.00762. The molecule has 0 fully saturated rings. The first kappa shape index (κ1) is 23.7. The monoisotopic (exact) mass is 493 g/mol. The molecule has 3 aromatic rings. The number of thioether (sulfide) groups is 1. The fourth-order valence-corrected chi connectivity index (χ4v) is 3.95. The molecule has 0 saturated carbocycles. The summed E-state index contributed by atoms with van der Waals surface area (Å²) in [5.41, 5.74) is 0.728. The lowest BCUT2D eigenvalue weighted by molar-refractivity contribution is -0.384. The third-order valence-corrected chi connectivity index (χ3v) is 5.96. The second kappa shape index (κ2) is 10.6. The van der Waals surface area contributed by atoms with Crippen LogP contribution in [0.5, 0.6) is 0 Å². The minimum Gasteiger partial charge on any atom is -0.356 e. The molecule has 0 aliphatic heterocycles. The van der Waals surface area contributed by atoms with Gasteiger partial charge in [-0.2, -0.15) is 0 Å². The average molecular weight is 494 g/mol. The number of amides is 1. The van der Waals surface area contributed by atoms with Crippen LogP contribution in [0.3, 0.4) is 0 Å². The molecule has 9 nitrogen and oxygen atoms in total. The molecule has 1 aromatic heterocycles. The van der Waals surface area contributed by atoms with Gasteiger partial charge < -0.3 is 5.32 Å². The molecule has 0 aliphatic rings. The summed E-state index contributed by atoms with van der Waals surface area (Å²) in [6.45, 7) is 1.77. The van der Waals surface area contributed by atoms with E-state index in [0.29, 0.717) is 39.7 Å². The van der Waals surface area contributed by atoms with Crippen LogP contribution in [-0.2, 0) is 11.2 Å². The predicted molar refractivity (Wildman–Crippen MR) is 122 cm³/mol. The van der Waals surface area contributed by atoms with Crippen molar-refractivity contribution in [2.24, 2.45) is 0 Å². The number of rotatable bonds is 9. The standard InChI is InChI=1S/C20H17Cl2N5O4S/c1-12(28)23-8-7-19-24-25-20(26(19)14-5-6-16(21)17(22)10-14)32-11-18(29)13-3-2-4-15(9-13)27(30)31/h2-6,9-10H,7-8,11H2,1H3,(H,23,28). The summed E-state index contributed by atoms with van der Waals surface area (Å²) < 4.78 is 1.73. The van der Waals surface area contributed by atoms with Gasteiger partial charge in [0.1, 0.15) is 5.82 Å². The van der Waals surface area contributed by atoms with Crippen molar-refractivity contribution in [3.05, 3.63) is 74.0 Å². The van der Waals surface area contributed by atoms with Crippen LogP contribution in [-0.4, -0.2) is 43.7 Å². The maximum Gasteiger partial charge on any atom is 0.270 e. The van der Waals surface area contributed by atoms with Crippen LogP contribution < -0.4 is 5.32 Å². The molecule has 0 unspecified atom stereocenters. The van der Waals surface area contributed by atoms with Gasteiger partial charge in [0.15, 0.2) is 10.9 Å². The second-order valence-corrected chi connectivity index (χ2v) is 8.34. The Bertz CT molecular complexity index is 1180. The molecule has 1 amide bonds. The molecule has 2 aromatic carbocycles. The molecule has 0 bridgehead atoms. The molecule has 12 heteroatoms. The van der Waals surface area contributed by atoms with Gasteiger partial charge in [-0.3, -0.25) is 24.3 Å². The molecule has 0 spiro atoms. The number of nitrogens with one attached hydrogen (secondary N) is 1. The van der Waals surface area contributed by atoms with Crippen LogP contribution >= 0.6 is 35.0 Å². The van der Waals surface area contributed by atoms with E-state index >= 15 is 0 Å². The summed E-state index contributed by atoms with van der Waals surface area (Å²) in [5, 5.41) is 23.2. The quantitative estimate of drug-likeness (QED) is 0.206. The van der Waals surface area contributed by atoms with E-state index in [9.17, 15) is 19.7 Å². The van der Waals surface area contributed by atoms with E-state index in [1.54, 1.807) is 22.8 Å².